The van der Waals surface area contributed by atoms with Gasteiger partial charge in [0.2, 0.25) is 0 Å². The van der Waals surface area contributed by atoms with Gasteiger partial charge < -0.3 is 14.2 Å². The molecule has 0 aromatic heterocycles. The third-order valence-corrected chi connectivity index (χ3v) is 2.73. The van der Waals surface area contributed by atoms with Crippen molar-refractivity contribution in [2.45, 2.75) is 53.2 Å². The quantitative estimate of drug-likeness (QED) is 0.712. The van der Waals surface area contributed by atoms with E-state index in [1.165, 1.54) is 0 Å². The number of carbonyl (C=O) groups excluding carboxylic acids is 1. The zero-order valence-corrected chi connectivity index (χ0v) is 12.9. The predicted molar refractivity (Wildman–Crippen MR) is 78.5 cm³/mol. The molecule has 0 aliphatic rings. The Morgan fingerprint density at radius 1 is 1.15 bits per heavy atom. The van der Waals surface area contributed by atoms with Crippen LogP contribution in [0.2, 0.25) is 0 Å². The van der Waals surface area contributed by atoms with E-state index < -0.39 is 0 Å². The van der Waals surface area contributed by atoms with Gasteiger partial charge in [0.15, 0.2) is 11.5 Å². The van der Waals surface area contributed by atoms with Crippen LogP contribution in [0.3, 0.4) is 0 Å². The molecule has 0 bridgehead atoms. The summed E-state index contributed by atoms with van der Waals surface area (Å²) in [6, 6.07) is 5.12. The second-order valence-electron chi connectivity index (χ2n) is 4.89. The monoisotopic (exact) mass is 280 g/mol. The van der Waals surface area contributed by atoms with Gasteiger partial charge in [-0.05, 0) is 52.3 Å². The Hall–Kier alpha value is -1.71. The summed E-state index contributed by atoms with van der Waals surface area (Å²) < 4.78 is 16.5. The Morgan fingerprint density at radius 2 is 1.85 bits per heavy atom. The van der Waals surface area contributed by atoms with Gasteiger partial charge in [-0.15, -0.1) is 0 Å². The van der Waals surface area contributed by atoms with Crippen LogP contribution in [0.1, 0.15) is 51.4 Å². The second-order valence-corrected chi connectivity index (χ2v) is 4.89. The molecule has 1 atom stereocenters. The smallest absolute Gasteiger partial charge is 0.338 e. The third-order valence-electron chi connectivity index (χ3n) is 2.73. The molecular formula is C16H24O4. The molecule has 4 nitrogen and oxygen atoms in total. The Balaban J connectivity index is 2.94. The lowest BCUT2D eigenvalue weighted by Crippen LogP contribution is -2.14. The van der Waals surface area contributed by atoms with Gasteiger partial charge in [-0.1, -0.05) is 6.92 Å². The summed E-state index contributed by atoms with van der Waals surface area (Å²) in [6.45, 7) is 10.1. The lowest BCUT2D eigenvalue weighted by atomic mass is 10.2. The highest BCUT2D eigenvalue weighted by Gasteiger charge is 2.15. The fourth-order valence-corrected chi connectivity index (χ4v) is 1.59. The number of carbonyl (C=O) groups is 1. The van der Waals surface area contributed by atoms with E-state index >= 15 is 0 Å². The van der Waals surface area contributed by atoms with Crippen molar-refractivity contribution >= 4 is 5.97 Å². The van der Waals surface area contributed by atoms with Gasteiger partial charge in [0, 0.05) is 0 Å². The van der Waals surface area contributed by atoms with Crippen molar-refractivity contribution in [2.75, 3.05) is 6.61 Å². The average molecular weight is 280 g/mol. The van der Waals surface area contributed by atoms with E-state index in [4.69, 9.17) is 14.2 Å². The van der Waals surface area contributed by atoms with Gasteiger partial charge in [-0.2, -0.15) is 0 Å². The molecule has 0 N–H and O–H groups in total. The maximum atomic E-state index is 12.0. The summed E-state index contributed by atoms with van der Waals surface area (Å²) in [4.78, 5) is 12.0. The van der Waals surface area contributed by atoms with E-state index in [-0.39, 0.29) is 18.2 Å². The zero-order valence-electron chi connectivity index (χ0n) is 12.9. The van der Waals surface area contributed by atoms with Crippen LogP contribution in [0.15, 0.2) is 18.2 Å². The van der Waals surface area contributed by atoms with Crippen molar-refractivity contribution < 1.29 is 19.0 Å². The van der Waals surface area contributed by atoms with Crippen molar-refractivity contribution in [1.29, 1.82) is 0 Å². The van der Waals surface area contributed by atoms with Gasteiger partial charge in [-0.3, -0.25) is 0 Å². The molecule has 112 valence electrons. The summed E-state index contributed by atoms with van der Waals surface area (Å²) in [5.41, 5.74) is 0.477. The summed E-state index contributed by atoms with van der Waals surface area (Å²) in [6.07, 6.45) is 0.746. The fraction of sp³-hybridized carbons (Fsp3) is 0.562. The van der Waals surface area contributed by atoms with Gasteiger partial charge >= 0.3 is 5.97 Å². The third kappa shape index (κ3) is 4.76. The number of hydrogen-bond acceptors (Lipinski definition) is 4. The number of esters is 1. The van der Waals surface area contributed by atoms with Crippen LogP contribution in [0.4, 0.5) is 0 Å². The Bertz CT molecular complexity index is 440. The van der Waals surface area contributed by atoms with Crippen LogP contribution < -0.4 is 9.47 Å². The Morgan fingerprint density at radius 3 is 2.40 bits per heavy atom. The molecule has 1 aromatic carbocycles. The van der Waals surface area contributed by atoms with E-state index in [2.05, 4.69) is 0 Å². The molecule has 0 radical (unpaired) electrons. The van der Waals surface area contributed by atoms with E-state index in [9.17, 15) is 4.79 Å². The second kappa shape index (κ2) is 7.78. The van der Waals surface area contributed by atoms with Crippen molar-refractivity contribution in [2.24, 2.45) is 0 Å². The van der Waals surface area contributed by atoms with Crippen LogP contribution in [0, 0.1) is 0 Å². The van der Waals surface area contributed by atoms with E-state index in [0.29, 0.717) is 23.7 Å². The molecule has 20 heavy (non-hydrogen) atoms. The number of rotatable bonds is 7. The largest absolute Gasteiger partial charge is 0.490 e. The molecule has 0 aliphatic carbocycles. The molecule has 1 rings (SSSR count). The molecule has 0 spiro atoms. The van der Waals surface area contributed by atoms with Gasteiger partial charge in [0.1, 0.15) is 0 Å². The van der Waals surface area contributed by atoms with Crippen LogP contribution in [0.25, 0.3) is 0 Å². The van der Waals surface area contributed by atoms with Crippen LogP contribution in [0.5, 0.6) is 11.5 Å². The first-order valence-electron chi connectivity index (χ1n) is 7.12. The average Bonchev–Trinajstić information content (AvgIpc) is 2.40. The molecule has 0 saturated heterocycles. The molecule has 0 amide bonds. The van der Waals surface area contributed by atoms with Gasteiger partial charge in [0.05, 0.1) is 24.4 Å². The number of ether oxygens (including phenoxy) is 3. The summed E-state index contributed by atoms with van der Waals surface area (Å²) in [7, 11) is 0. The lowest BCUT2D eigenvalue weighted by Gasteiger charge is -2.16. The van der Waals surface area contributed by atoms with Crippen LogP contribution in [-0.4, -0.2) is 24.8 Å². The minimum atomic E-state index is -0.337. The highest BCUT2D eigenvalue weighted by atomic mass is 16.5. The van der Waals surface area contributed by atoms with Crippen LogP contribution >= 0.6 is 0 Å². The summed E-state index contributed by atoms with van der Waals surface area (Å²) in [5.74, 6) is 0.873. The molecule has 1 aromatic rings. The molecule has 4 heteroatoms. The van der Waals surface area contributed by atoms with Crippen molar-refractivity contribution in [3.05, 3.63) is 23.8 Å². The lowest BCUT2D eigenvalue weighted by molar-refractivity contribution is 0.0334. The Kier molecular flexibility index (Phi) is 6.36. The molecule has 0 saturated carbocycles. The Labute approximate surface area is 121 Å². The highest BCUT2D eigenvalue weighted by Crippen LogP contribution is 2.29. The molecule has 0 aliphatic heterocycles. The SMILES string of the molecule is CCOc1cc(C(=O)OC(C)CC)ccc1OC(C)C. The maximum Gasteiger partial charge on any atom is 0.338 e. The maximum absolute atomic E-state index is 12.0. The van der Waals surface area contributed by atoms with Crippen molar-refractivity contribution in [1.82, 2.24) is 0 Å². The van der Waals surface area contributed by atoms with E-state index in [0.717, 1.165) is 6.42 Å². The van der Waals surface area contributed by atoms with E-state index in [1.807, 2.05) is 34.6 Å². The van der Waals surface area contributed by atoms with Crippen LogP contribution in [-0.2, 0) is 4.74 Å². The van der Waals surface area contributed by atoms with Crippen molar-refractivity contribution in [3.63, 3.8) is 0 Å². The number of hydrogen-bond donors (Lipinski definition) is 0. The molecular weight excluding hydrogens is 256 g/mol. The minimum Gasteiger partial charge on any atom is -0.490 e. The topological polar surface area (TPSA) is 44.8 Å². The molecule has 0 heterocycles. The summed E-state index contributed by atoms with van der Waals surface area (Å²) >= 11 is 0. The minimum absolute atomic E-state index is 0.0483. The highest BCUT2D eigenvalue weighted by molar-refractivity contribution is 5.90. The number of benzene rings is 1. The first-order valence-corrected chi connectivity index (χ1v) is 7.12. The summed E-state index contributed by atoms with van der Waals surface area (Å²) in [5, 5.41) is 0. The first kappa shape index (κ1) is 16.3. The zero-order chi connectivity index (χ0) is 15.1. The molecule has 1 unspecified atom stereocenters. The van der Waals surface area contributed by atoms with Gasteiger partial charge in [0.25, 0.3) is 0 Å². The normalized spacial score (nSPS) is 12.1. The van der Waals surface area contributed by atoms with Gasteiger partial charge in [-0.25, -0.2) is 4.79 Å². The standard InChI is InChI=1S/C16H24O4/c1-6-12(5)20-16(17)13-8-9-14(19-11(3)4)15(10-13)18-7-2/h8-12H,6-7H2,1-5H3. The molecule has 0 fully saturated rings. The van der Waals surface area contributed by atoms with Crippen molar-refractivity contribution in [3.8, 4) is 11.5 Å². The predicted octanol–water partition coefficient (Wildman–Crippen LogP) is 3.83. The first-order chi connectivity index (χ1) is 9.47. The van der Waals surface area contributed by atoms with E-state index in [1.54, 1.807) is 18.2 Å². The fourth-order valence-electron chi connectivity index (χ4n) is 1.59.